The maximum absolute atomic E-state index is 13.7. The van der Waals surface area contributed by atoms with Gasteiger partial charge in [-0.15, -0.1) is 0 Å². The molecule has 0 aliphatic rings. The van der Waals surface area contributed by atoms with Crippen molar-refractivity contribution in [2.75, 3.05) is 7.11 Å². The van der Waals surface area contributed by atoms with Gasteiger partial charge in [0.2, 0.25) is 0 Å². The minimum atomic E-state index is -0.995. The molecule has 1 unspecified atom stereocenters. The van der Waals surface area contributed by atoms with Crippen molar-refractivity contribution in [3.05, 3.63) is 33.8 Å². The van der Waals surface area contributed by atoms with Crippen LogP contribution in [-0.4, -0.2) is 23.9 Å². The lowest BCUT2D eigenvalue weighted by molar-refractivity contribution is -0.0769. The molecular weight excluding hydrogens is 294 g/mol. The van der Waals surface area contributed by atoms with Gasteiger partial charge in [0.15, 0.2) is 0 Å². The summed E-state index contributed by atoms with van der Waals surface area (Å²) in [6.45, 7) is 3.32. The molecular formula is C12H15BrF2O2. The molecule has 0 saturated heterocycles. The smallest absolute Gasteiger partial charge is 0.143 e. The third-order valence-corrected chi connectivity index (χ3v) is 3.48. The van der Waals surface area contributed by atoms with Gasteiger partial charge in [0, 0.05) is 19.1 Å². The Kier molecular flexibility index (Phi) is 4.63. The van der Waals surface area contributed by atoms with Crippen molar-refractivity contribution in [3.8, 4) is 0 Å². The highest BCUT2D eigenvalue weighted by Crippen LogP contribution is 2.25. The van der Waals surface area contributed by atoms with Gasteiger partial charge in [-0.1, -0.05) is 0 Å². The number of benzene rings is 1. The van der Waals surface area contributed by atoms with E-state index in [1.807, 2.05) is 0 Å². The Morgan fingerprint density at radius 1 is 1.41 bits per heavy atom. The first-order chi connectivity index (χ1) is 7.79. The van der Waals surface area contributed by atoms with Gasteiger partial charge >= 0.3 is 0 Å². The zero-order valence-corrected chi connectivity index (χ0v) is 11.5. The monoisotopic (exact) mass is 308 g/mol. The number of rotatable bonds is 4. The molecule has 5 heteroatoms. The van der Waals surface area contributed by atoms with Crippen LogP contribution >= 0.6 is 15.9 Å². The van der Waals surface area contributed by atoms with Crippen LogP contribution < -0.4 is 0 Å². The second-order valence-electron chi connectivity index (χ2n) is 4.35. The standard InChI is InChI=1S/C12H15BrF2O2/c1-12(2,17-3)10(16)6-7-9(14)5-4-8(13)11(7)15/h4-5,10,16H,6H2,1-3H3. The van der Waals surface area contributed by atoms with E-state index < -0.39 is 23.3 Å². The summed E-state index contributed by atoms with van der Waals surface area (Å²) in [6.07, 6.45) is -1.14. The third-order valence-electron chi connectivity index (χ3n) is 2.86. The first kappa shape index (κ1) is 14.5. The molecule has 1 aromatic rings. The van der Waals surface area contributed by atoms with Crippen LogP contribution in [0.4, 0.5) is 8.78 Å². The van der Waals surface area contributed by atoms with E-state index in [0.717, 1.165) is 6.07 Å². The maximum Gasteiger partial charge on any atom is 0.143 e. The van der Waals surface area contributed by atoms with Crippen molar-refractivity contribution >= 4 is 15.9 Å². The van der Waals surface area contributed by atoms with Gasteiger partial charge in [0.05, 0.1) is 16.2 Å². The van der Waals surface area contributed by atoms with E-state index in [4.69, 9.17) is 4.74 Å². The van der Waals surface area contributed by atoms with E-state index in [1.54, 1.807) is 13.8 Å². The topological polar surface area (TPSA) is 29.5 Å². The molecule has 1 atom stereocenters. The molecule has 0 spiro atoms. The van der Waals surface area contributed by atoms with Gasteiger partial charge in [0.25, 0.3) is 0 Å². The molecule has 1 N–H and O–H groups in total. The van der Waals surface area contributed by atoms with E-state index in [1.165, 1.54) is 13.2 Å². The number of hydrogen-bond acceptors (Lipinski definition) is 2. The third kappa shape index (κ3) is 3.24. The lowest BCUT2D eigenvalue weighted by atomic mass is 9.94. The average molecular weight is 309 g/mol. The van der Waals surface area contributed by atoms with Crippen LogP contribution in [0.1, 0.15) is 19.4 Å². The molecule has 0 aliphatic heterocycles. The summed E-state index contributed by atoms with van der Waals surface area (Å²) >= 11 is 2.98. The SMILES string of the molecule is COC(C)(C)C(O)Cc1c(F)ccc(Br)c1F. The van der Waals surface area contributed by atoms with Crippen molar-refractivity contribution in [2.45, 2.75) is 32.0 Å². The Balaban J connectivity index is 3.00. The van der Waals surface area contributed by atoms with Gasteiger partial charge < -0.3 is 9.84 Å². The summed E-state index contributed by atoms with van der Waals surface area (Å²) in [4.78, 5) is 0. The summed E-state index contributed by atoms with van der Waals surface area (Å²) in [5.41, 5.74) is -1.00. The summed E-state index contributed by atoms with van der Waals surface area (Å²) in [5.74, 6) is -1.35. The van der Waals surface area contributed by atoms with Gasteiger partial charge in [-0.2, -0.15) is 0 Å². The van der Waals surface area contributed by atoms with Crippen molar-refractivity contribution in [1.82, 2.24) is 0 Å². The van der Waals surface area contributed by atoms with Gasteiger partial charge in [-0.25, -0.2) is 8.78 Å². The maximum atomic E-state index is 13.7. The first-order valence-corrected chi connectivity index (χ1v) is 5.94. The summed E-state index contributed by atoms with van der Waals surface area (Å²) in [7, 11) is 1.44. The lowest BCUT2D eigenvalue weighted by Gasteiger charge is -2.29. The Hall–Kier alpha value is -0.520. The van der Waals surface area contributed by atoms with Crippen LogP contribution in [0.5, 0.6) is 0 Å². The van der Waals surface area contributed by atoms with Crippen LogP contribution in [0.15, 0.2) is 16.6 Å². The molecule has 0 saturated carbocycles. The van der Waals surface area contributed by atoms with Crippen LogP contribution in [0.2, 0.25) is 0 Å². The molecule has 2 nitrogen and oxygen atoms in total. The molecule has 0 aliphatic carbocycles. The molecule has 17 heavy (non-hydrogen) atoms. The lowest BCUT2D eigenvalue weighted by Crippen LogP contribution is -2.39. The minimum Gasteiger partial charge on any atom is -0.390 e. The number of methoxy groups -OCH3 is 1. The van der Waals surface area contributed by atoms with Crippen molar-refractivity contribution < 1.29 is 18.6 Å². The Labute approximate surface area is 108 Å². The van der Waals surface area contributed by atoms with E-state index >= 15 is 0 Å². The summed E-state index contributed by atoms with van der Waals surface area (Å²) in [6, 6.07) is 2.46. The molecule has 0 heterocycles. The molecule has 0 aromatic heterocycles. The predicted octanol–water partition coefficient (Wildman–Crippen LogP) is 3.06. The van der Waals surface area contributed by atoms with Crippen LogP contribution in [0.3, 0.4) is 0 Å². The fourth-order valence-corrected chi connectivity index (χ4v) is 1.70. The Morgan fingerprint density at radius 3 is 2.53 bits per heavy atom. The second-order valence-corrected chi connectivity index (χ2v) is 5.20. The van der Waals surface area contributed by atoms with Gasteiger partial charge in [-0.3, -0.25) is 0 Å². The fourth-order valence-electron chi connectivity index (χ4n) is 1.33. The van der Waals surface area contributed by atoms with Crippen molar-refractivity contribution in [2.24, 2.45) is 0 Å². The largest absolute Gasteiger partial charge is 0.390 e. The number of ether oxygens (including phenoxy) is 1. The molecule has 0 bridgehead atoms. The van der Waals surface area contributed by atoms with E-state index in [2.05, 4.69) is 15.9 Å². The van der Waals surface area contributed by atoms with Crippen LogP contribution in [0, 0.1) is 11.6 Å². The zero-order chi connectivity index (χ0) is 13.2. The molecule has 1 aromatic carbocycles. The molecule has 0 fully saturated rings. The quantitative estimate of drug-likeness (QED) is 0.866. The Morgan fingerprint density at radius 2 is 2.00 bits per heavy atom. The number of hydrogen-bond donors (Lipinski definition) is 1. The highest BCUT2D eigenvalue weighted by atomic mass is 79.9. The normalized spacial score (nSPS) is 13.8. The van der Waals surface area contributed by atoms with Gasteiger partial charge in [-0.05, 0) is 41.9 Å². The van der Waals surface area contributed by atoms with E-state index in [-0.39, 0.29) is 16.5 Å². The van der Waals surface area contributed by atoms with Crippen LogP contribution in [-0.2, 0) is 11.2 Å². The predicted molar refractivity (Wildman–Crippen MR) is 64.9 cm³/mol. The number of aliphatic hydroxyl groups excluding tert-OH is 1. The molecule has 0 amide bonds. The van der Waals surface area contributed by atoms with E-state index in [0.29, 0.717) is 0 Å². The number of aliphatic hydroxyl groups is 1. The summed E-state index contributed by atoms with van der Waals surface area (Å²) in [5, 5.41) is 9.90. The van der Waals surface area contributed by atoms with Crippen LogP contribution in [0.25, 0.3) is 0 Å². The van der Waals surface area contributed by atoms with Crippen molar-refractivity contribution in [3.63, 3.8) is 0 Å². The first-order valence-electron chi connectivity index (χ1n) is 5.15. The van der Waals surface area contributed by atoms with Gasteiger partial charge in [0.1, 0.15) is 11.6 Å². The minimum absolute atomic E-state index is 0.141. The van der Waals surface area contributed by atoms with Crippen molar-refractivity contribution in [1.29, 1.82) is 0 Å². The van der Waals surface area contributed by atoms with E-state index in [9.17, 15) is 13.9 Å². The second kappa shape index (κ2) is 5.42. The highest BCUT2D eigenvalue weighted by molar-refractivity contribution is 9.10. The molecule has 1 rings (SSSR count). The summed E-state index contributed by atoms with van der Waals surface area (Å²) < 4.78 is 32.4. The zero-order valence-electron chi connectivity index (χ0n) is 9.93. The Bertz CT molecular complexity index is 408. The average Bonchev–Trinajstić information content (AvgIpc) is 2.29. The molecule has 0 radical (unpaired) electrons. The highest BCUT2D eigenvalue weighted by Gasteiger charge is 2.29. The number of halogens is 3. The fraction of sp³-hybridized carbons (Fsp3) is 0.500. The molecule has 96 valence electrons.